The smallest absolute Gasteiger partial charge is 0.221 e. The first-order valence-corrected chi connectivity index (χ1v) is 7.33. The van der Waals surface area contributed by atoms with Crippen LogP contribution in [0.1, 0.15) is 24.9 Å². The molecule has 2 aromatic rings. The molecular weight excluding hydrogens is 278 g/mol. The van der Waals surface area contributed by atoms with Crippen molar-refractivity contribution >= 4 is 28.7 Å². The van der Waals surface area contributed by atoms with Crippen molar-refractivity contribution in [3.05, 3.63) is 11.5 Å². The van der Waals surface area contributed by atoms with Gasteiger partial charge in [-0.05, 0) is 13.8 Å². The predicted octanol–water partition coefficient (Wildman–Crippen LogP) is 1.39. The van der Waals surface area contributed by atoms with Crippen molar-refractivity contribution in [2.45, 2.75) is 33.2 Å². The molecule has 110 valence electrons. The molecule has 2 rings (SSSR count). The highest BCUT2D eigenvalue weighted by molar-refractivity contribution is 6.17. The van der Waals surface area contributed by atoms with Crippen LogP contribution >= 0.6 is 11.6 Å². The molecule has 0 aliphatic carbocycles. The molecule has 0 aliphatic rings. The van der Waals surface area contributed by atoms with E-state index in [2.05, 4.69) is 15.4 Å². The fourth-order valence-corrected chi connectivity index (χ4v) is 2.56. The fraction of sp³-hybridized carbons (Fsp3) is 0.615. The van der Waals surface area contributed by atoms with Crippen molar-refractivity contribution < 1.29 is 4.79 Å². The van der Waals surface area contributed by atoms with Gasteiger partial charge in [-0.2, -0.15) is 5.10 Å². The van der Waals surface area contributed by atoms with E-state index >= 15 is 0 Å². The quantitative estimate of drug-likeness (QED) is 0.819. The summed E-state index contributed by atoms with van der Waals surface area (Å²) < 4.78 is 3.86. The summed E-state index contributed by atoms with van der Waals surface area (Å²) in [5, 5.41) is 7.18. The number of nitrogens with one attached hydrogen (secondary N) is 1. The highest BCUT2D eigenvalue weighted by Crippen LogP contribution is 2.20. The molecule has 0 saturated carbocycles. The Bertz CT molecular complexity index is 616. The Balaban J connectivity index is 2.33. The van der Waals surface area contributed by atoms with Gasteiger partial charge in [0.15, 0.2) is 5.65 Å². The van der Waals surface area contributed by atoms with Crippen LogP contribution in [-0.2, 0) is 24.8 Å². The number of hydrogen-bond acceptors (Lipinski definition) is 3. The summed E-state index contributed by atoms with van der Waals surface area (Å²) in [6.07, 6.45) is 1.11. The normalized spacial score (nSPS) is 11.2. The number of imidazole rings is 1. The number of hydrogen-bond donors (Lipinski definition) is 1. The zero-order valence-electron chi connectivity index (χ0n) is 12.1. The zero-order chi connectivity index (χ0) is 14.7. The third-order valence-corrected chi connectivity index (χ3v) is 3.41. The van der Waals surface area contributed by atoms with Crippen molar-refractivity contribution in [3.63, 3.8) is 0 Å². The standard InChI is InChI=1S/C13H20ClN5O/c1-4-15-11(20)6-8-19-10(5-7-14)16-12-9(2)17-18(3)13(12)19/h4-8H2,1-3H3,(H,15,20). The van der Waals surface area contributed by atoms with Gasteiger partial charge in [-0.1, -0.05) is 0 Å². The van der Waals surface area contributed by atoms with Crippen molar-refractivity contribution in [2.24, 2.45) is 7.05 Å². The van der Waals surface area contributed by atoms with Gasteiger partial charge in [0, 0.05) is 38.9 Å². The average molecular weight is 298 g/mol. The number of nitrogens with zero attached hydrogens (tertiary/aromatic N) is 4. The minimum Gasteiger partial charge on any atom is -0.356 e. The van der Waals surface area contributed by atoms with E-state index < -0.39 is 0 Å². The predicted molar refractivity (Wildman–Crippen MR) is 79.0 cm³/mol. The van der Waals surface area contributed by atoms with Crippen LogP contribution in [-0.4, -0.2) is 37.7 Å². The van der Waals surface area contributed by atoms with Gasteiger partial charge in [-0.3, -0.25) is 9.48 Å². The number of halogens is 1. The molecule has 1 N–H and O–H groups in total. The number of carbonyl (C=O) groups is 1. The minimum absolute atomic E-state index is 0.0464. The molecule has 0 fully saturated rings. The Morgan fingerprint density at radius 2 is 2.20 bits per heavy atom. The maximum Gasteiger partial charge on any atom is 0.221 e. The van der Waals surface area contributed by atoms with Gasteiger partial charge in [0.1, 0.15) is 11.3 Å². The molecule has 0 saturated heterocycles. The van der Waals surface area contributed by atoms with E-state index in [9.17, 15) is 4.79 Å². The summed E-state index contributed by atoms with van der Waals surface area (Å²) in [6, 6.07) is 0. The lowest BCUT2D eigenvalue weighted by Gasteiger charge is -2.09. The lowest BCUT2D eigenvalue weighted by atomic mass is 10.3. The molecule has 0 spiro atoms. The first-order valence-electron chi connectivity index (χ1n) is 6.79. The highest BCUT2D eigenvalue weighted by Gasteiger charge is 2.17. The van der Waals surface area contributed by atoms with Crippen LogP contribution in [0.2, 0.25) is 0 Å². The van der Waals surface area contributed by atoms with Crippen molar-refractivity contribution in [3.8, 4) is 0 Å². The summed E-state index contributed by atoms with van der Waals surface area (Å²) in [5.74, 6) is 1.47. The monoisotopic (exact) mass is 297 g/mol. The Hall–Kier alpha value is -1.56. The largest absolute Gasteiger partial charge is 0.356 e. The molecule has 0 bridgehead atoms. The third kappa shape index (κ3) is 2.80. The maximum atomic E-state index is 11.6. The van der Waals surface area contributed by atoms with E-state index in [1.54, 1.807) is 0 Å². The van der Waals surface area contributed by atoms with Crippen molar-refractivity contribution in [2.75, 3.05) is 12.4 Å². The summed E-state index contributed by atoms with van der Waals surface area (Å²) in [4.78, 5) is 16.3. The first-order chi connectivity index (χ1) is 9.58. The maximum absolute atomic E-state index is 11.6. The van der Waals surface area contributed by atoms with Crippen molar-refractivity contribution in [1.82, 2.24) is 24.6 Å². The van der Waals surface area contributed by atoms with E-state index in [0.29, 0.717) is 31.8 Å². The summed E-state index contributed by atoms with van der Waals surface area (Å²) >= 11 is 5.84. The number of carbonyl (C=O) groups excluding carboxylic acids is 1. The summed E-state index contributed by atoms with van der Waals surface area (Å²) in [7, 11) is 1.89. The molecule has 0 atom stereocenters. The Morgan fingerprint density at radius 1 is 1.45 bits per heavy atom. The van der Waals surface area contributed by atoms with Gasteiger partial charge in [0.2, 0.25) is 5.91 Å². The van der Waals surface area contributed by atoms with E-state index in [-0.39, 0.29) is 5.91 Å². The number of alkyl halides is 1. The molecule has 1 amide bonds. The highest BCUT2D eigenvalue weighted by atomic mass is 35.5. The molecule has 7 heteroatoms. The number of fused-ring (bicyclic) bond motifs is 1. The zero-order valence-corrected chi connectivity index (χ0v) is 12.9. The van der Waals surface area contributed by atoms with Crippen LogP contribution in [0, 0.1) is 6.92 Å². The van der Waals surface area contributed by atoms with Gasteiger partial charge in [0.25, 0.3) is 0 Å². The second-order valence-electron chi connectivity index (χ2n) is 4.70. The minimum atomic E-state index is 0.0464. The lowest BCUT2D eigenvalue weighted by Crippen LogP contribution is -2.24. The first kappa shape index (κ1) is 14.8. The molecular formula is C13H20ClN5O. The average Bonchev–Trinajstić information content (AvgIpc) is 2.88. The van der Waals surface area contributed by atoms with Gasteiger partial charge in [0.05, 0.1) is 5.69 Å². The third-order valence-electron chi connectivity index (χ3n) is 3.22. The molecule has 0 unspecified atom stereocenters. The topological polar surface area (TPSA) is 64.7 Å². The van der Waals surface area contributed by atoms with Crippen LogP contribution in [0.3, 0.4) is 0 Å². The van der Waals surface area contributed by atoms with E-state index in [0.717, 1.165) is 22.7 Å². The fourth-order valence-electron chi connectivity index (χ4n) is 2.39. The number of aryl methyl sites for hydroxylation is 4. The van der Waals surface area contributed by atoms with Crippen LogP contribution in [0.4, 0.5) is 0 Å². The lowest BCUT2D eigenvalue weighted by molar-refractivity contribution is -0.121. The van der Waals surface area contributed by atoms with E-state index in [1.807, 2.05) is 30.1 Å². The number of amides is 1. The van der Waals surface area contributed by atoms with Crippen LogP contribution in [0.15, 0.2) is 0 Å². The second-order valence-corrected chi connectivity index (χ2v) is 5.08. The second kappa shape index (κ2) is 6.26. The number of aromatic nitrogens is 4. The molecule has 2 heterocycles. The number of rotatable bonds is 6. The van der Waals surface area contributed by atoms with Crippen LogP contribution in [0.25, 0.3) is 11.2 Å². The van der Waals surface area contributed by atoms with Crippen molar-refractivity contribution in [1.29, 1.82) is 0 Å². The van der Waals surface area contributed by atoms with Gasteiger partial charge in [-0.15, -0.1) is 11.6 Å². The summed E-state index contributed by atoms with van der Waals surface area (Å²) in [5.41, 5.74) is 2.74. The Kier molecular flexibility index (Phi) is 4.65. The van der Waals surface area contributed by atoms with Crippen LogP contribution in [0.5, 0.6) is 0 Å². The Morgan fingerprint density at radius 3 is 2.85 bits per heavy atom. The van der Waals surface area contributed by atoms with E-state index in [4.69, 9.17) is 11.6 Å². The summed E-state index contributed by atoms with van der Waals surface area (Å²) in [6.45, 7) is 5.09. The van der Waals surface area contributed by atoms with Crippen LogP contribution < -0.4 is 5.32 Å². The SMILES string of the molecule is CCNC(=O)CCn1c(CCCl)nc2c(C)nn(C)c21. The molecule has 0 aromatic carbocycles. The van der Waals surface area contributed by atoms with Gasteiger partial charge < -0.3 is 9.88 Å². The molecule has 20 heavy (non-hydrogen) atoms. The van der Waals surface area contributed by atoms with Gasteiger partial charge in [-0.25, -0.2) is 4.98 Å². The molecule has 6 nitrogen and oxygen atoms in total. The Labute approximate surface area is 123 Å². The molecule has 0 aliphatic heterocycles. The molecule has 0 radical (unpaired) electrons. The molecule has 2 aromatic heterocycles. The van der Waals surface area contributed by atoms with E-state index in [1.165, 1.54) is 0 Å². The van der Waals surface area contributed by atoms with Gasteiger partial charge >= 0.3 is 0 Å².